The number of primary amides is 1. The second kappa shape index (κ2) is 8.85. The van der Waals surface area contributed by atoms with Gasteiger partial charge in [-0.1, -0.05) is 5.43 Å². The minimum Gasteiger partial charge on any atom is -0.368 e. The number of nitro groups is 1. The number of carbonyl (C=O) groups is 2. The molecule has 12 heteroatoms. The van der Waals surface area contributed by atoms with E-state index in [0.717, 1.165) is 0 Å². The third kappa shape index (κ3) is 6.88. The van der Waals surface area contributed by atoms with E-state index in [1.807, 2.05) is 0 Å². The van der Waals surface area contributed by atoms with Crippen LogP contribution in [0, 0.1) is 10.1 Å². The van der Waals surface area contributed by atoms with Crippen LogP contribution in [0.1, 0.15) is 19.3 Å². The molecule has 0 radical (unpaired) electrons. The smallest absolute Gasteiger partial charge is 0.251 e. The average Bonchev–Trinajstić information content (AvgIpc) is 2.91. The van der Waals surface area contributed by atoms with Gasteiger partial charge in [-0.25, -0.2) is 15.1 Å². The number of nitrogens with zero attached hydrogens (tertiary/aromatic N) is 2. The molecular weight excluding hydrogens is 308 g/mol. The van der Waals surface area contributed by atoms with Crippen molar-refractivity contribution in [2.45, 2.75) is 37.4 Å². The molecule has 130 valence electrons. The molecule has 1 fully saturated rings. The quantitative estimate of drug-likeness (QED) is 0.0864. The largest absolute Gasteiger partial charge is 0.368 e. The van der Waals surface area contributed by atoms with E-state index in [0.29, 0.717) is 25.8 Å². The summed E-state index contributed by atoms with van der Waals surface area (Å²) in [5, 5.41) is 14.9. The number of nitrogens with one attached hydrogen (secondary N) is 3. The molecule has 3 atom stereocenters. The van der Waals surface area contributed by atoms with E-state index in [9.17, 15) is 19.7 Å². The third-order valence-electron chi connectivity index (χ3n) is 3.32. The Bertz CT molecular complexity index is 483. The molecule has 1 saturated heterocycles. The fraction of sp³-hybridized carbons (Fsp3) is 0.727. The Morgan fingerprint density at radius 2 is 2.13 bits per heavy atom. The van der Waals surface area contributed by atoms with E-state index in [1.54, 1.807) is 5.43 Å². The van der Waals surface area contributed by atoms with Crippen LogP contribution in [0.2, 0.25) is 0 Å². The first-order valence-corrected chi connectivity index (χ1v) is 7.09. The number of hydrazine groups is 1. The lowest BCUT2D eigenvalue weighted by Gasteiger charge is -2.16. The Kier molecular flexibility index (Phi) is 7.15. The van der Waals surface area contributed by atoms with Gasteiger partial charge in [-0.2, -0.15) is 0 Å². The van der Waals surface area contributed by atoms with E-state index < -0.39 is 23.0 Å². The van der Waals surface area contributed by atoms with E-state index in [2.05, 4.69) is 15.6 Å². The maximum atomic E-state index is 11.9. The average molecular weight is 330 g/mol. The molecular formula is C11H22N8O4. The van der Waals surface area contributed by atoms with Gasteiger partial charge in [-0.15, -0.1) is 0 Å². The van der Waals surface area contributed by atoms with Gasteiger partial charge in [0.25, 0.3) is 5.96 Å². The highest BCUT2D eigenvalue weighted by Gasteiger charge is 2.29. The van der Waals surface area contributed by atoms with E-state index in [1.165, 1.54) is 0 Å². The summed E-state index contributed by atoms with van der Waals surface area (Å²) >= 11 is 0. The van der Waals surface area contributed by atoms with Crippen molar-refractivity contribution in [2.75, 3.05) is 13.1 Å². The molecule has 0 bridgehead atoms. The molecule has 0 spiro atoms. The second-order valence-corrected chi connectivity index (χ2v) is 5.19. The molecule has 1 rings (SSSR count). The van der Waals surface area contributed by atoms with Gasteiger partial charge in [0.1, 0.15) is 0 Å². The number of hydrogen-bond donors (Lipinski definition) is 6. The van der Waals surface area contributed by atoms with Gasteiger partial charge in [-0.05, 0) is 19.3 Å². The zero-order valence-electron chi connectivity index (χ0n) is 12.5. The molecule has 9 N–H and O–H groups in total. The lowest BCUT2D eigenvalue weighted by Crippen LogP contribution is -2.46. The first-order chi connectivity index (χ1) is 10.8. The Morgan fingerprint density at radius 3 is 2.70 bits per heavy atom. The summed E-state index contributed by atoms with van der Waals surface area (Å²) in [6.45, 7) is 0.668. The van der Waals surface area contributed by atoms with Crippen LogP contribution < -0.4 is 33.3 Å². The summed E-state index contributed by atoms with van der Waals surface area (Å²) in [7, 11) is 0. The standard InChI is InChI=1S/C11H22N8O4/c12-7(2-1-3-15-11(14)18-19(22)23)10(21)17-6-4-8(9(13)20)16-5-6/h6-8,16H,1-5,12H2,(H2,13,20)(H,17,21)(H3,14,15,18)/t6-,7+,8-/m1/s1. The molecule has 1 aliphatic rings. The first kappa shape index (κ1) is 18.6. The molecule has 1 heterocycles. The molecule has 0 aliphatic carbocycles. The Hall–Kier alpha value is -2.47. The number of nitrogens with two attached hydrogens (primary N) is 3. The minimum absolute atomic E-state index is 0.191. The monoisotopic (exact) mass is 330 g/mol. The zero-order valence-corrected chi connectivity index (χ0v) is 12.5. The molecule has 0 unspecified atom stereocenters. The van der Waals surface area contributed by atoms with Crippen LogP contribution in [0.5, 0.6) is 0 Å². The van der Waals surface area contributed by atoms with Crippen molar-refractivity contribution in [3.05, 3.63) is 10.1 Å². The van der Waals surface area contributed by atoms with E-state index in [4.69, 9.17) is 17.2 Å². The number of amides is 2. The van der Waals surface area contributed by atoms with E-state index >= 15 is 0 Å². The number of hydrogen-bond acceptors (Lipinski definition) is 7. The van der Waals surface area contributed by atoms with Crippen molar-refractivity contribution in [2.24, 2.45) is 22.2 Å². The van der Waals surface area contributed by atoms with Gasteiger partial charge in [0.05, 0.1) is 12.1 Å². The maximum Gasteiger partial charge on any atom is 0.251 e. The Labute approximate surface area is 132 Å². The van der Waals surface area contributed by atoms with Crippen LogP contribution in [0.4, 0.5) is 0 Å². The SMILES string of the molecule is NC(=O)[C@H]1C[C@@H](NC(=O)[C@@H](N)CCCN=C(N)N[N+](=O)[O-])CN1. The number of aliphatic imine (C=N–C) groups is 1. The molecule has 12 nitrogen and oxygen atoms in total. The zero-order chi connectivity index (χ0) is 17.4. The molecule has 0 saturated carbocycles. The predicted molar refractivity (Wildman–Crippen MR) is 81.4 cm³/mol. The third-order valence-corrected chi connectivity index (χ3v) is 3.32. The fourth-order valence-electron chi connectivity index (χ4n) is 2.14. The van der Waals surface area contributed by atoms with Crippen molar-refractivity contribution in [1.82, 2.24) is 16.1 Å². The van der Waals surface area contributed by atoms with Gasteiger partial charge < -0.3 is 27.8 Å². The molecule has 0 aromatic rings. The summed E-state index contributed by atoms with van der Waals surface area (Å²) in [5.74, 6) is -1.09. The lowest BCUT2D eigenvalue weighted by atomic mass is 10.1. The van der Waals surface area contributed by atoms with Crippen molar-refractivity contribution in [1.29, 1.82) is 0 Å². The topological polar surface area (TPSA) is 204 Å². The van der Waals surface area contributed by atoms with Crippen LogP contribution in [0.25, 0.3) is 0 Å². The molecule has 0 aromatic heterocycles. The van der Waals surface area contributed by atoms with Crippen LogP contribution in [-0.2, 0) is 9.59 Å². The van der Waals surface area contributed by atoms with E-state index in [-0.39, 0.29) is 24.5 Å². The van der Waals surface area contributed by atoms with Gasteiger partial charge in [0.15, 0.2) is 5.03 Å². The molecule has 0 aromatic carbocycles. The minimum atomic E-state index is -0.812. The van der Waals surface area contributed by atoms with Crippen LogP contribution in [0.3, 0.4) is 0 Å². The lowest BCUT2D eigenvalue weighted by molar-refractivity contribution is -0.525. The van der Waals surface area contributed by atoms with Crippen molar-refractivity contribution in [3.63, 3.8) is 0 Å². The summed E-state index contributed by atoms with van der Waals surface area (Å²) in [5.41, 5.74) is 17.9. The molecule has 2 amide bonds. The highest BCUT2D eigenvalue weighted by molar-refractivity contribution is 5.83. The number of rotatable bonds is 8. The summed E-state index contributed by atoms with van der Waals surface area (Å²) in [6.07, 6.45) is 1.23. The summed E-state index contributed by atoms with van der Waals surface area (Å²) < 4.78 is 0. The maximum absolute atomic E-state index is 11.9. The van der Waals surface area contributed by atoms with Crippen molar-refractivity contribution >= 4 is 17.8 Å². The molecule has 1 aliphatic heterocycles. The second-order valence-electron chi connectivity index (χ2n) is 5.19. The van der Waals surface area contributed by atoms with Crippen LogP contribution in [-0.4, -0.2) is 54.0 Å². The summed E-state index contributed by atoms with van der Waals surface area (Å²) in [4.78, 5) is 36.7. The van der Waals surface area contributed by atoms with Crippen molar-refractivity contribution in [3.8, 4) is 0 Å². The summed E-state index contributed by atoms with van der Waals surface area (Å²) in [6, 6.07) is -1.37. The van der Waals surface area contributed by atoms with Crippen molar-refractivity contribution < 1.29 is 14.6 Å². The van der Waals surface area contributed by atoms with Gasteiger partial charge in [-0.3, -0.25) is 9.59 Å². The predicted octanol–water partition coefficient (Wildman–Crippen LogP) is -3.48. The number of guanidine groups is 1. The van der Waals surface area contributed by atoms with Gasteiger partial charge in [0, 0.05) is 19.1 Å². The van der Waals surface area contributed by atoms with Crippen LogP contribution in [0.15, 0.2) is 4.99 Å². The molecule has 23 heavy (non-hydrogen) atoms. The highest BCUT2D eigenvalue weighted by Crippen LogP contribution is 2.06. The Balaban J connectivity index is 2.24. The Morgan fingerprint density at radius 1 is 1.43 bits per heavy atom. The first-order valence-electron chi connectivity index (χ1n) is 7.09. The highest BCUT2D eigenvalue weighted by atomic mass is 16.7. The van der Waals surface area contributed by atoms with Crippen LogP contribution >= 0.6 is 0 Å². The van der Waals surface area contributed by atoms with Gasteiger partial charge in [0.2, 0.25) is 11.8 Å². The van der Waals surface area contributed by atoms with Gasteiger partial charge >= 0.3 is 0 Å². The normalized spacial score (nSPS) is 22.4. The fourth-order valence-corrected chi connectivity index (χ4v) is 2.14. The number of carbonyl (C=O) groups excluding carboxylic acids is 2.